The summed E-state index contributed by atoms with van der Waals surface area (Å²) in [5.74, 6) is 0.287. The number of fused-ring (bicyclic) bond motifs is 1. The van der Waals surface area contributed by atoms with E-state index in [0.717, 1.165) is 17.7 Å². The first-order chi connectivity index (χ1) is 13.9. The molecule has 0 fully saturated rings. The summed E-state index contributed by atoms with van der Waals surface area (Å²) in [4.78, 5) is 35.5. The van der Waals surface area contributed by atoms with Crippen LogP contribution in [0.15, 0.2) is 46.3 Å². The summed E-state index contributed by atoms with van der Waals surface area (Å²) in [6.07, 6.45) is 0.809. The van der Waals surface area contributed by atoms with Crippen LogP contribution in [-0.4, -0.2) is 37.6 Å². The van der Waals surface area contributed by atoms with Gasteiger partial charge in [-0.1, -0.05) is 49.0 Å². The molecule has 0 unspecified atom stereocenters. The van der Waals surface area contributed by atoms with Crippen molar-refractivity contribution in [2.45, 2.75) is 51.9 Å². The molecule has 2 aromatic heterocycles. The van der Waals surface area contributed by atoms with Crippen LogP contribution in [0.25, 0.3) is 11.0 Å². The Morgan fingerprint density at radius 3 is 2.66 bits per heavy atom. The molecule has 0 radical (unpaired) electrons. The molecule has 0 spiro atoms. The lowest BCUT2D eigenvalue weighted by Crippen LogP contribution is -2.32. The molecular formula is C22H28N4O2S. The van der Waals surface area contributed by atoms with Gasteiger partial charge in [0, 0.05) is 24.8 Å². The highest BCUT2D eigenvalue weighted by molar-refractivity contribution is 7.99. The van der Waals surface area contributed by atoms with E-state index >= 15 is 0 Å². The third-order valence-corrected chi connectivity index (χ3v) is 6.03. The summed E-state index contributed by atoms with van der Waals surface area (Å²) >= 11 is 1.34. The van der Waals surface area contributed by atoms with Gasteiger partial charge in [0.2, 0.25) is 5.91 Å². The van der Waals surface area contributed by atoms with Crippen molar-refractivity contribution in [3.8, 4) is 0 Å². The fourth-order valence-electron chi connectivity index (χ4n) is 3.26. The van der Waals surface area contributed by atoms with Crippen molar-refractivity contribution in [3.05, 3.63) is 58.0 Å². The molecular weight excluding hydrogens is 384 g/mol. The monoisotopic (exact) mass is 412 g/mol. The molecule has 3 aromatic rings. The van der Waals surface area contributed by atoms with Crippen molar-refractivity contribution < 1.29 is 4.79 Å². The van der Waals surface area contributed by atoms with Crippen LogP contribution in [0.1, 0.15) is 44.5 Å². The van der Waals surface area contributed by atoms with E-state index < -0.39 is 0 Å². The van der Waals surface area contributed by atoms with Gasteiger partial charge in [-0.2, -0.15) is 0 Å². The molecule has 0 saturated carbocycles. The zero-order valence-electron chi connectivity index (χ0n) is 17.4. The molecule has 0 saturated heterocycles. The van der Waals surface area contributed by atoms with Crippen molar-refractivity contribution in [2.24, 2.45) is 0 Å². The SMILES string of the molecule is CC[C@@H](C)n1c(SCC(=O)N(CC)Cc2ccccc2)nc2cc(C)[nH]c2c1=O. The van der Waals surface area contributed by atoms with Gasteiger partial charge in [0.15, 0.2) is 5.16 Å². The van der Waals surface area contributed by atoms with E-state index in [1.165, 1.54) is 11.8 Å². The van der Waals surface area contributed by atoms with Crippen LogP contribution in [-0.2, 0) is 11.3 Å². The van der Waals surface area contributed by atoms with Gasteiger partial charge in [-0.15, -0.1) is 0 Å². The minimum atomic E-state index is -0.0796. The number of nitrogens with zero attached hydrogens (tertiary/aromatic N) is 3. The molecule has 1 atom stereocenters. The van der Waals surface area contributed by atoms with Gasteiger partial charge in [0.25, 0.3) is 5.56 Å². The van der Waals surface area contributed by atoms with Crippen LogP contribution < -0.4 is 5.56 Å². The van der Waals surface area contributed by atoms with Gasteiger partial charge in [-0.05, 0) is 38.8 Å². The topological polar surface area (TPSA) is 71.0 Å². The van der Waals surface area contributed by atoms with E-state index in [-0.39, 0.29) is 23.3 Å². The molecule has 2 heterocycles. The number of benzene rings is 1. The molecule has 1 N–H and O–H groups in total. The van der Waals surface area contributed by atoms with Crippen LogP contribution in [0.2, 0.25) is 0 Å². The Hall–Kier alpha value is -2.54. The number of aromatic nitrogens is 3. The lowest BCUT2D eigenvalue weighted by Gasteiger charge is -2.22. The Morgan fingerprint density at radius 2 is 2.00 bits per heavy atom. The number of rotatable bonds is 8. The minimum absolute atomic E-state index is 0.00667. The molecule has 1 aromatic carbocycles. The summed E-state index contributed by atoms with van der Waals surface area (Å²) < 4.78 is 1.71. The van der Waals surface area contributed by atoms with E-state index in [0.29, 0.717) is 29.3 Å². The van der Waals surface area contributed by atoms with Crippen molar-refractivity contribution in [1.82, 2.24) is 19.4 Å². The first-order valence-electron chi connectivity index (χ1n) is 10.0. The van der Waals surface area contributed by atoms with Crippen LogP contribution in [0.5, 0.6) is 0 Å². The molecule has 7 heteroatoms. The highest BCUT2D eigenvalue weighted by atomic mass is 32.2. The van der Waals surface area contributed by atoms with Gasteiger partial charge in [0.05, 0.1) is 11.3 Å². The van der Waals surface area contributed by atoms with E-state index in [9.17, 15) is 9.59 Å². The summed E-state index contributed by atoms with van der Waals surface area (Å²) in [6.45, 7) is 9.15. The smallest absolute Gasteiger partial charge is 0.278 e. The van der Waals surface area contributed by atoms with Gasteiger partial charge in [-0.25, -0.2) is 4.98 Å². The Morgan fingerprint density at radius 1 is 1.28 bits per heavy atom. The first kappa shape index (κ1) is 21.2. The number of hydrogen-bond donors (Lipinski definition) is 1. The molecule has 1 amide bonds. The molecule has 0 aliphatic heterocycles. The Bertz CT molecular complexity index is 1040. The standard InChI is InChI=1S/C22H28N4O2S/c1-5-16(4)26-21(28)20-18(12-15(3)23-20)24-22(26)29-14-19(27)25(6-2)13-17-10-8-7-9-11-17/h7-12,16,23H,5-6,13-14H2,1-4H3/t16-/m1/s1. The average Bonchev–Trinajstić information content (AvgIpc) is 3.11. The Labute approximate surface area is 175 Å². The van der Waals surface area contributed by atoms with Gasteiger partial charge in [-0.3, -0.25) is 14.2 Å². The van der Waals surface area contributed by atoms with Crippen LogP contribution >= 0.6 is 11.8 Å². The molecule has 154 valence electrons. The highest BCUT2D eigenvalue weighted by Gasteiger charge is 2.19. The third-order valence-electron chi connectivity index (χ3n) is 5.09. The molecule has 3 rings (SSSR count). The number of aromatic amines is 1. The Kier molecular flexibility index (Phi) is 6.79. The number of thioether (sulfide) groups is 1. The van der Waals surface area contributed by atoms with Gasteiger partial charge in [0.1, 0.15) is 5.52 Å². The number of carbonyl (C=O) groups is 1. The molecule has 29 heavy (non-hydrogen) atoms. The number of carbonyl (C=O) groups excluding carboxylic acids is 1. The highest BCUT2D eigenvalue weighted by Crippen LogP contribution is 2.23. The lowest BCUT2D eigenvalue weighted by atomic mass is 10.2. The van der Waals surface area contributed by atoms with Crippen molar-refractivity contribution in [3.63, 3.8) is 0 Å². The van der Waals surface area contributed by atoms with E-state index in [4.69, 9.17) is 4.98 Å². The van der Waals surface area contributed by atoms with Crippen LogP contribution in [0, 0.1) is 6.92 Å². The maximum Gasteiger partial charge on any atom is 0.278 e. The summed E-state index contributed by atoms with van der Waals surface area (Å²) in [7, 11) is 0. The summed E-state index contributed by atoms with van der Waals surface area (Å²) in [5, 5.41) is 0.597. The van der Waals surface area contributed by atoms with Crippen LogP contribution in [0.4, 0.5) is 0 Å². The molecule has 0 bridgehead atoms. The van der Waals surface area contributed by atoms with E-state index in [1.54, 1.807) is 4.57 Å². The second-order valence-electron chi connectivity index (χ2n) is 7.22. The Balaban J connectivity index is 1.83. The maximum absolute atomic E-state index is 13.0. The van der Waals surface area contributed by atoms with E-state index in [1.807, 2.05) is 69.0 Å². The second kappa shape index (κ2) is 9.31. The fourth-order valence-corrected chi connectivity index (χ4v) is 4.26. The molecule has 0 aliphatic rings. The number of amides is 1. The zero-order valence-corrected chi connectivity index (χ0v) is 18.3. The normalized spacial score (nSPS) is 12.3. The third kappa shape index (κ3) is 4.72. The van der Waals surface area contributed by atoms with Gasteiger partial charge >= 0.3 is 0 Å². The predicted molar refractivity (Wildman–Crippen MR) is 118 cm³/mol. The zero-order chi connectivity index (χ0) is 21.0. The van der Waals surface area contributed by atoms with Crippen molar-refractivity contribution in [2.75, 3.05) is 12.3 Å². The van der Waals surface area contributed by atoms with Crippen molar-refractivity contribution in [1.29, 1.82) is 0 Å². The predicted octanol–water partition coefficient (Wildman–Crippen LogP) is 4.14. The average molecular weight is 413 g/mol. The number of hydrogen-bond acceptors (Lipinski definition) is 4. The molecule has 6 nitrogen and oxygen atoms in total. The maximum atomic E-state index is 13.0. The van der Waals surface area contributed by atoms with Crippen LogP contribution in [0.3, 0.4) is 0 Å². The summed E-state index contributed by atoms with van der Waals surface area (Å²) in [6, 6.07) is 11.8. The lowest BCUT2D eigenvalue weighted by molar-refractivity contribution is -0.128. The quantitative estimate of drug-likeness (QED) is 0.446. The van der Waals surface area contributed by atoms with E-state index in [2.05, 4.69) is 4.98 Å². The fraction of sp³-hybridized carbons (Fsp3) is 0.409. The summed E-state index contributed by atoms with van der Waals surface area (Å²) in [5.41, 5.74) is 3.10. The number of H-pyrrole nitrogens is 1. The number of nitrogens with one attached hydrogen (secondary N) is 1. The largest absolute Gasteiger partial charge is 0.353 e. The number of aryl methyl sites for hydroxylation is 1. The minimum Gasteiger partial charge on any atom is -0.353 e. The van der Waals surface area contributed by atoms with Crippen molar-refractivity contribution >= 4 is 28.7 Å². The second-order valence-corrected chi connectivity index (χ2v) is 8.16. The van der Waals surface area contributed by atoms with Gasteiger partial charge < -0.3 is 9.88 Å². The first-order valence-corrected chi connectivity index (χ1v) is 11.0. The molecule has 0 aliphatic carbocycles.